The van der Waals surface area contributed by atoms with E-state index >= 15 is 0 Å². The van der Waals surface area contributed by atoms with E-state index in [4.69, 9.17) is 0 Å². The number of amides is 2. The Labute approximate surface area is 178 Å². The van der Waals surface area contributed by atoms with Crippen LogP contribution in [0.15, 0.2) is 53.0 Å². The van der Waals surface area contributed by atoms with E-state index in [2.05, 4.69) is 26.1 Å². The van der Waals surface area contributed by atoms with Crippen molar-refractivity contribution >= 4 is 39.1 Å². The fourth-order valence-electron chi connectivity index (χ4n) is 4.05. The summed E-state index contributed by atoms with van der Waals surface area (Å²) < 4.78 is 14.0. The SMILES string of the molecule is O=C(NC[C@@H]1CCN(c2ccc(F)cc2)C1)[C@H]1CC(=O)N(c2cccc(Br)c2)C1. The van der Waals surface area contributed by atoms with Gasteiger partial charge in [0.05, 0.1) is 5.92 Å². The Balaban J connectivity index is 1.28. The van der Waals surface area contributed by atoms with Gasteiger partial charge in [0, 0.05) is 48.4 Å². The highest BCUT2D eigenvalue weighted by Gasteiger charge is 2.35. The number of benzene rings is 2. The van der Waals surface area contributed by atoms with Gasteiger partial charge in [0.25, 0.3) is 0 Å². The number of carbonyl (C=O) groups is 2. The van der Waals surface area contributed by atoms with Crippen LogP contribution >= 0.6 is 15.9 Å². The Kier molecular flexibility index (Phi) is 5.85. The van der Waals surface area contributed by atoms with Crippen LogP contribution in [-0.4, -0.2) is 38.0 Å². The smallest absolute Gasteiger partial charge is 0.227 e. The van der Waals surface area contributed by atoms with Gasteiger partial charge in [0.1, 0.15) is 5.82 Å². The van der Waals surface area contributed by atoms with Gasteiger partial charge in [-0.3, -0.25) is 9.59 Å². The molecule has 2 heterocycles. The highest BCUT2D eigenvalue weighted by molar-refractivity contribution is 9.10. The molecule has 0 bridgehead atoms. The maximum atomic E-state index is 13.1. The molecule has 7 heteroatoms. The van der Waals surface area contributed by atoms with E-state index in [-0.39, 0.29) is 30.0 Å². The van der Waals surface area contributed by atoms with Crippen LogP contribution in [0.2, 0.25) is 0 Å². The van der Waals surface area contributed by atoms with Crippen LogP contribution in [-0.2, 0) is 9.59 Å². The Morgan fingerprint density at radius 2 is 1.93 bits per heavy atom. The molecule has 29 heavy (non-hydrogen) atoms. The molecule has 1 N–H and O–H groups in total. The molecule has 5 nitrogen and oxygen atoms in total. The van der Waals surface area contributed by atoms with Gasteiger partial charge in [-0.2, -0.15) is 0 Å². The third kappa shape index (κ3) is 4.61. The van der Waals surface area contributed by atoms with E-state index in [9.17, 15) is 14.0 Å². The molecule has 2 aromatic carbocycles. The zero-order valence-electron chi connectivity index (χ0n) is 16.0. The Morgan fingerprint density at radius 3 is 2.69 bits per heavy atom. The van der Waals surface area contributed by atoms with E-state index < -0.39 is 0 Å². The number of rotatable bonds is 5. The molecule has 2 aliphatic rings. The second kappa shape index (κ2) is 8.53. The molecular formula is C22H23BrFN3O2. The molecule has 0 spiro atoms. The normalized spacial score (nSPS) is 21.7. The van der Waals surface area contributed by atoms with Crippen molar-refractivity contribution in [3.63, 3.8) is 0 Å². The van der Waals surface area contributed by atoms with Crippen molar-refractivity contribution in [2.75, 3.05) is 36.0 Å². The molecule has 152 valence electrons. The summed E-state index contributed by atoms with van der Waals surface area (Å²) in [6.45, 7) is 2.73. The average Bonchev–Trinajstić information content (AvgIpc) is 3.33. The standard InChI is InChI=1S/C22H23BrFN3O2/c23-17-2-1-3-20(11-17)27-14-16(10-21(27)28)22(29)25-12-15-8-9-26(13-15)19-6-4-18(24)5-7-19/h1-7,11,15-16H,8-10,12-14H2,(H,25,29)/t15-,16-/m0/s1. The molecule has 2 fully saturated rings. The maximum Gasteiger partial charge on any atom is 0.227 e. The van der Waals surface area contributed by atoms with Crippen LogP contribution < -0.4 is 15.1 Å². The highest BCUT2D eigenvalue weighted by Crippen LogP contribution is 2.28. The fraction of sp³-hybridized carbons (Fsp3) is 0.364. The van der Waals surface area contributed by atoms with Gasteiger partial charge in [-0.05, 0) is 54.8 Å². The van der Waals surface area contributed by atoms with Crippen molar-refractivity contribution in [1.29, 1.82) is 0 Å². The van der Waals surface area contributed by atoms with Crippen LogP contribution in [0.25, 0.3) is 0 Å². The second-order valence-corrected chi connectivity index (χ2v) is 8.62. The van der Waals surface area contributed by atoms with E-state index in [1.54, 1.807) is 17.0 Å². The molecule has 0 aliphatic carbocycles. The average molecular weight is 460 g/mol. The lowest BCUT2D eigenvalue weighted by Crippen LogP contribution is -2.36. The molecular weight excluding hydrogens is 437 g/mol. The minimum absolute atomic E-state index is 0.0217. The molecule has 2 saturated heterocycles. The van der Waals surface area contributed by atoms with Gasteiger partial charge in [-0.25, -0.2) is 4.39 Å². The first kappa shape index (κ1) is 19.9. The van der Waals surface area contributed by atoms with Gasteiger partial charge in [0.2, 0.25) is 11.8 Å². The number of nitrogens with zero attached hydrogens (tertiary/aromatic N) is 2. The Morgan fingerprint density at radius 1 is 1.14 bits per heavy atom. The summed E-state index contributed by atoms with van der Waals surface area (Å²) in [5.74, 6) is -0.291. The minimum atomic E-state index is -0.323. The van der Waals surface area contributed by atoms with Gasteiger partial charge < -0.3 is 15.1 Å². The van der Waals surface area contributed by atoms with Crippen molar-refractivity contribution in [3.05, 3.63) is 58.8 Å². The second-order valence-electron chi connectivity index (χ2n) is 7.71. The van der Waals surface area contributed by atoms with Crippen LogP contribution in [0, 0.1) is 17.7 Å². The molecule has 0 aromatic heterocycles. The highest BCUT2D eigenvalue weighted by atomic mass is 79.9. The number of anilines is 2. The monoisotopic (exact) mass is 459 g/mol. The van der Waals surface area contributed by atoms with E-state index in [0.29, 0.717) is 19.0 Å². The lowest BCUT2D eigenvalue weighted by Gasteiger charge is -2.19. The Bertz CT molecular complexity index is 905. The number of nitrogens with one attached hydrogen (secondary N) is 1. The number of halogens is 2. The molecule has 0 radical (unpaired) electrons. The van der Waals surface area contributed by atoms with Crippen molar-refractivity contribution in [3.8, 4) is 0 Å². The van der Waals surface area contributed by atoms with Gasteiger partial charge >= 0.3 is 0 Å². The van der Waals surface area contributed by atoms with E-state index in [1.807, 2.05) is 24.3 Å². The number of hydrogen-bond acceptors (Lipinski definition) is 3. The summed E-state index contributed by atoms with van der Waals surface area (Å²) in [6, 6.07) is 14.1. The summed E-state index contributed by atoms with van der Waals surface area (Å²) in [5.41, 5.74) is 1.82. The van der Waals surface area contributed by atoms with E-state index in [1.165, 1.54) is 12.1 Å². The Hall–Kier alpha value is -2.41. The van der Waals surface area contributed by atoms with Gasteiger partial charge in [-0.1, -0.05) is 22.0 Å². The maximum absolute atomic E-state index is 13.1. The van der Waals surface area contributed by atoms with Crippen molar-refractivity contribution in [2.24, 2.45) is 11.8 Å². The van der Waals surface area contributed by atoms with Crippen LogP contribution in [0.1, 0.15) is 12.8 Å². The zero-order valence-corrected chi connectivity index (χ0v) is 17.6. The van der Waals surface area contributed by atoms with Gasteiger partial charge in [0.15, 0.2) is 0 Å². The third-order valence-electron chi connectivity index (χ3n) is 5.66. The van der Waals surface area contributed by atoms with Crippen molar-refractivity contribution < 1.29 is 14.0 Å². The summed E-state index contributed by atoms with van der Waals surface area (Å²) >= 11 is 3.42. The van der Waals surface area contributed by atoms with Gasteiger partial charge in [-0.15, -0.1) is 0 Å². The molecule has 2 aliphatic heterocycles. The molecule has 0 saturated carbocycles. The molecule has 4 rings (SSSR count). The van der Waals surface area contributed by atoms with Crippen LogP contribution in [0.5, 0.6) is 0 Å². The number of hydrogen-bond donors (Lipinski definition) is 1. The first-order chi connectivity index (χ1) is 14.0. The molecule has 2 aromatic rings. The summed E-state index contributed by atoms with van der Waals surface area (Å²) in [4.78, 5) is 28.9. The summed E-state index contributed by atoms with van der Waals surface area (Å²) in [5, 5.41) is 3.04. The lowest BCUT2D eigenvalue weighted by atomic mass is 10.1. The van der Waals surface area contributed by atoms with E-state index in [0.717, 1.165) is 35.4 Å². The summed E-state index contributed by atoms with van der Waals surface area (Å²) in [7, 11) is 0. The first-order valence-electron chi connectivity index (χ1n) is 9.84. The summed E-state index contributed by atoms with van der Waals surface area (Å²) in [6.07, 6.45) is 1.22. The predicted molar refractivity (Wildman–Crippen MR) is 114 cm³/mol. The largest absolute Gasteiger partial charge is 0.371 e. The van der Waals surface area contributed by atoms with Crippen LogP contribution in [0.3, 0.4) is 0 Å². The predicted octanol–water partition coefficient (Wildman–Crippen LogP) is 3.58. The molecule has 0 unspecified atom stereocenters. The minimum Gasteiger partial charge on any atom is -0.371 e. The van der Waals surface area contributed by atoms with Crippen molar-refractivity contribution in [2.45, 2.75) is 12.8 Å². The fourth-order valence-corrected chi connectivity index (χ4v) is 4.44. The zero-order chi connectivity index (χ0) is 20.4. The third-order valence-corrected chi connectivity index (χ3v) is 6.15. The lowest BCUT2D eigenvalue weighted by molar-refractivity contribution is -0.126. The van der Waals surface area contributed by atoms with Crippen LogP contribution in [0.4, 0.5) is 15.8 Å². The number of carbonyl (C=O) groups excluding carboxylic acids is 2. The molecule has 2 amide bonds. The topological polar surface area (TPSA) is 52.7 Å². The van der Waals surface area contributed by atoms with Crippen molar-refractivity contribution in [1.82, 2.24) is 5.32 Å². The quantitative estimate of drug-likeness (QED) is 0.743. The first-order valence-corrected chi connectivity index (χ1v) is 10.6. The molecule has 2 atom stereocenters.